The summed E-state index contributed by atoms with van der Waals surface area (Å²) in [6, 6.07) is 18.5. The van der Waals surface area contributed by atoms with Gasteiger partial charge in [-0.3, -0.25) is 9.59 Å². The van der Waals surface area contributed by atoms with Crippen LogP contribution in [0.3, 0.4) is 0 Å². The van der Waals surface area contributed by atoms with Crippen LogP contribution in [0.25, 0.3) is 0 Å². The van der Waals surface area contributed by atoms with Crippen molar-refractivity contribution in [1.29, 1.82) is 0 Å². The number of amidine groups is 1. The molecule has 0 saturated carbocycles. The van der Waals surface area contributed by atoms with Gasteiger partial charge in [0.15, 0.2) is 5.17 Å². The second-order valence-electron chi connectivity index (χ2n) is 8.27. The Morgan fingerprint density at radius 1 is 1.00 bits per heavy atom. The first kappa shape index (κ1) is 24.1. The zero-order chi connectivity index (χ0) is 25.2. The molecule has 1 N–H and O–H groups in total. The number of halogens is 3. The normalized spacial score (nSPS) is 19.3. The summed E-state index contributed by atoms with van der Waals surface area (Å²) in [5, 5.41) is 9.33. The third-order valence-electron chi connectivity index (χ3n) is 5.77. The van der Waals surface area contributed by atoms with Crippen molar-refractivity contribution in [2.24, 2.45) is 10.1 Å². The minimum atomic E-state index is -0.718. The first-order valence-electron chi connectivity index (χ1n) is 11.1. The van der Waals surface area contributed by atoms with Gasteiger partial charge in [0.05, 0.1) is 11.8 Å². The van der Waals surface area contributed by atoms with Crippen LogP contribution < -0.4 is 5.32 Å². The van der Waals surface area contributed by atoms with Crippen LogP contribution in [-0.4, -0.2) is 33.0 Å². The summed E-state index contributed by atoms with van der Waals surface area (Å²) in [5.41, 5.74) is 2.90. The predicted molar refractivity (Wildman–Crippen MR) is 137 cm³/mol. The van der Waals surface area contributed by atoms with Crippen LogP contribution in [0.5, 0.6) is 0 Å². The van der Waals surface area contributed by atoms with Crippen molar-refractivity contribution < 1.29 is 18.4 Å². The van der Waals surface area contributed by atoms with Crippen molar-refractivity contribution in [3.8, 4) is 0 Å². The third kappa shape index (κ3) is 5.32. The molecule has 0 aliphatic carbocycles. The molecule has 36 heavy (non-hydrogen) atoms. The molecule has 10 heteroatoms. The van der Waals surface area contributed by atoms with Crippen LogP contribution in [0, 0.1) is 11.6 Å². The minimum absolute atomic E-state index is 0.101. The number of aliphatic imine (C=N–C) groups is 1. The van der Waals surface area contributed by atoms with E-state index in [1.54, 1.807) is 29.3 Å². The average Bonchev–Trinajstić information content (AvgIpc) is 3.45. The lowest BCUT2D eigenvalue weighted by atomic mass is 9.98. The van der Waals surface area contributed by atoms with Gasteiger partial charge in [0.2, 0.25) is 5.91 Å². The highest BCUT2D eigenvalue weighted by Gasteiger charge is 2.39. The Hall–Kier alpha value is -3.56. The number of hydrazone groups is 1. The Kier molecular flexibility index (Phi) is 6.84. The molecule has 3 aromatic rings. The monoisotopic (exact) mass is 524 g/mol. The van der Waals surface area contributed by atoms with Crippen molar-refractivity contribution in [3.63, 3.8) is 0 Å². The highest BCUT2D eigenvalue weighted by atomic mass is 35.5. The fraction of sp³-hybridized carbons (Fsp3) is 0.154. The minimum Gasteiger partial charge on any atom is -0.326 e. The van der Waals surface area contributed by atoms with Crippen molar-refractivity contribution in [3.05, 3.63) is 101 Å². The molecule has 5 rings (SSSR count). The number of nitrogens with zero attached hydrogens (tertiary/aromatic N) is 3. The molecule has 0 aromatic heterocycles. The highest BCUT2D eigenvalue weighted by Crippen LogP contribution is 2.38. The number of amides is 2. The van der Waals surface area contributed by atoms with E-state index in [0.717, 1.165) is 28.6 Å². The van der Waals surface area contributed by atoms with Crippen molar-refractivity contribution in [2.45, 2.75) is 24.1 Å². The van der Waals surface area contributed by atoms with E-state index >= 15 is 0 Å². The highest BCUT2D eigenvalue weighted by molar-refractivity contribution is 8.15. The zero-order valence-electron chi connectivity index (χ0n) is 18.7. The number of anilines is 1. The zero-order valence-corrected chi connectivity index (χ0v) is 20.3. The molecule has 0 fully saturated rings. The summed E-state index contributed by atoms with van der Waals surface area (Å²) in [7, 11) is 0. The molecular formula is C26H19ClF2N4O2S. The number of benzene rings is 3. The van der Waals surface area contributed by atoms with Crippen LogP contribution in [0.4, 0.5) is 14.5 Å². The van der Waals surface area contributed by atoms with Gasteiger partial charge in [-0.2, -0.15) is 10.1 Å². The topological polar surface area (TPSA) is 74.1 Å². The molecule has 2 aliphatic heterocycles. The van der Waals surface area contributed by atoms with E-state index in [-0.39, 0.29) is 24.2 Å². The van der Waals surface area contributed by atoms with E-state index in [2.05, 4.69) is 10.3 Å². The molecule has 0 spiro atoms. The fourth-order valence-corrected chi connectivity index (χ4v) is 5.15. The largest absolute Gasteiger partial charge is 0.326 e. The second-order valence-corrected chi connectivity index (χ2v) is 9.87. The molecule has 0 bridgehead atoms. The van der Waals surface area contributed by atoms with Crippen LogP contribution in [0.2, 0.25) is 5.02 Å². The Morgan fingerprint density at radius 2 is 1.64 bits per heavy atom. The van der Waals surface area contributed by atoms with Crippen LogP contribution in [0.1, 0.15) is 30.0 Å². The van der Waals surface area contributed by atoms with Gasteiger partial charge in [-0.15, -0.1) is 0 Å². The van der Waals surface area contributed by atoms with Gasteiger partial charge in [0.25, 0.3) is 5.91 Å². The van der Waals surface area contributed by atoms with Crippen LogP contribution >= 0.6 is 23.4 Å². The predicted octanol–water partition coefficient (Wildman–Crippen LogP) is 5.80. The number of carbonyl (C=O) groups excluding carboxylic acids is 2. The van der Waals surface area contributed by atoms with Gasteiger partial charge in [-0.1, -0.05) is 47.6 Å². The first-order chi connectivity index (χ1) is 17.4. The van der Waals surface area contributed by atoms with Crippen molar-refractivity contribution in [1.82, 2.24) is 5.01 Å². The molecule has 6 nitrogen and oxygen atoms in total. The summed E-state index contributed by atoms with van der Waals surface area (Å²) in [6.45, 7) is 0. The molecule has 0 radical (unpaired) electrons. The summed E-state index contributed by atoms with van der Waals surface area (Å²) in [5.74, 6) is -1.58. The number of rotatable bonds is 5. The van der Waals surface area contributed by atoms with Crippen molar-refractivity contribution >= 4 is 51.7 Å². The molecule has 2 amide bonds. The molecular weight excluding hydrogens is 506 g/mol. The van der Waals surface area contributed by atoms with Gasteiger partial charge in [-0.25, -0.2) is 13.8 Å². The van der Waals surface area contributed by atoms with E-state index in [4.69, 9.17) is 16.7 Å². The van der Waals surface area contributed by atoms with E-state index in [0.29, 0.717) is 22.3 Å². The number of thioether (sulfide) groups is 1. The Morgan fingerprint density at radius 3 is 2.31 bits per heavy atom. The summed E-state index contributed by atoms with van der Waals surface area (Å²) in [4.78, 5) is 29.4. The molecule has 2 atom stereocenters. The lowest BCUT2D eigenvalue weighted by molar-refractivity contribution is -0.121. The van der Waals surface area contributed by atoms with Gasteiger partial charge in [0.1, 0.15) is 16.9 Å². The smallest absolute Gasteiger partial charge is 0.262 e. The first-order valence-corrected chi connectivity index (χ1v) is 12.3. The Labute approximate surface area is 215 Å². The SMILES string of the molecule is O=C(CC1SC(N2N=C(c3ccc(Cl)cc3)CC2c2ccc(F)cc2)=NC1=O)Nc1ccc(F)cc1. The maximum atomic E-state index is 13.6. The van der Waals surface area contributed by atoms with Gasteiger partial charge in [0, 0.05) is 23.6 Å². The quantitative estimate of drug-likeness (QED) is 0.458. The molecule has 2 aliphatic rings. The standard InChI is InChI=1S/C26H19ClF2N4O2S/c27-17-5-1-15(2-6-17)21-13-22(16-3-7-18(28)8-4-16)33(32-21)26-31-25(35)23(36-26)14-24(34)30-20-11-9-19(29)10-12-20/h1-12,22-23H,13-14H2,(H,30,34). The van der Waals surface area contributed by atoms with E-state index in [9.17, 15) is 18.4 Å². The lowest BCUT2D eigenvalue weighted by Crippen LogP contribution is -2.25. The Balaban J connectivity index is 1.35. The van der Waals surface area contributed by atoms with E-state index in [1.165, 1.54) is 36.4 Å². The van der Waals surface area contributed by atoms with Gasteiger partial charge < -0.3 is 5.32 Å². The lowest BCUT2D eigenvalue weighted by Gasteiger charge is -2.23. The molecule has 3 aromatic carbocycles. The summed E-state index contributed by atoms with van der Waals surface area (Å²) >= 11 is 7.19. The van der Waals surface area contributed by atoms with Crippen molar-refractivity contribution in [2.75, 3.05) is 5.32 Å². The number of hydrogen-bond donors (Lipinski definition) is 1. The Bertz CT molecular complexity index is 1360. The summed E-state index contributed by atoms with van der Waals surface area (Å²) < 4.78 is 26.7. The van der Waals surface area contributed by atoms with E-state index < -0.39 is 17.0 Å². The number of hydrogen-bond acceptors (Lipinski definition) is 5. The maximum Gasteiger partial charge on any atom is 0.262 e. The van der Waals surface area contributed by atoms with E-state index in [1.807, 2.05) is 12.1 Å². The van der Waals surface area contributed by atoms with Crippen LogP contribution in [-0.2, 0) is 9.59 Å². The van der Waals surface area contributed by atoms with Crippen LogP contribution in [0.15, 0.2) is 82.9 Å². The van der Waals surface area contributed by atoms with Gasteiger partial charge >= 0.3 is 0 Å². The maximum absolute atomic E-state index is 13.6. The third-order valence-corrected chi connectivity index (χ3v) is 7.16. The number of carbonyl (C=O) groups is 2. The molecule has 0 saturated heterocycles. The fourth-order valence-electron chi connectivity index (χ4n) is 3.97. The molecule has 182 valence electrons. The second kappa shape index (κ2) is 10.2. The summed E-state index contributed by atoms with van der Waals surface area (Å²) in [6.07, 6.45) is 0.410. The average molecular weight is 525 g/mol. The number of nitrogens with one attached hydrogen (secondary N) is 1. The molecule has 2 unspecified atom stereocenters. The molecule has 2 heterocycles. The van der Waals surface area contributed by atoms with Gasteiger partial charge in [-0.05, 0) is 59.7 Å².